The van der Waals surface area contributed by atoms with E-state index in [9.17, 15) is 4.79 Å². The summed E-state index contributed by atoms with van der Waals surface area (Å²) in [6.07, 6.45) is 0. The number of benzene rings is 2. The summed E-state index contributed by atoms with van der Waals surface area (Å²) < 4.78 is 5.63. The first-order chi connectivity index (χ1) is 8.74. The molecule has 0 unspecified atom stereocenters. The lowest BCUT2D eigenvalue weighted by atomic mass is 10.3. The standard InChI is InChI=1S/C14H12O3S/c15-14(16)10-18-13-8-6-12(7-9-13)17-11-4-2-1-3-5-11/h1-9H,10H2,(H,15,16). The molecule has 0 fully saturated rings. The lowest BCUT2D eigenvalue weighted by Gasteiger charge is -2.06. The fraction of sp³-hybridized carbons (Fsp3) is 0.0714. The van der Waals surface area contributed by atoms with E-state index in [0.717, 1.165) is 16.4 Å². The average Bonchev–Trinajstić information content (AvgIpc) is 2.39. The predicted molar refractivity (Wildman–Crippen MR) is 71.3 cm³/mol. The van der Waals surface area contributed by atoms with Gasteiger partial charge in [0, 0.05) is 4.90 Å². The van der Waals surface area contributed by atoms with Crippen molar-refractivity contribution < 1.29 is 14.6 Å². The van der Waals surface area contributed by atoms with Gasteiger partial charge in [-0.3, -0.25) is 4.79 Å². The Morgan fingerprint density at radius 2 is 1.61 bits per heavy atom. The zero-order chi connectivity index (χ0) is 12.8. The fourth-order valence-corrected chi connectivity index (χ4v) is 1.99. The number of hydrogen-bond donors (Lipinski definition) is 1. The summed E-state index contributed by atoms with van der Waals surface area (Å²) in [7, 11) is 0. The van der Waals surface area contributed by atoms with E-state index in [4.69, 9.17) is 9.84 Å². The van der Waals surface area contributed by atoms with Gasteiger partial charge in [-0.15, -0.1) is 11.8 Å². The lowest BCUT2D eigenvalue weighted by Crippen LogP contribution is -1.97. The number of para-hydroxylation sites is 1. The molecule has 2 aromatic carbocycles. The van der Waals surface area contributed by atoms with Crippen LogP contribution < -0.4 is 4.74 Å². The van der Waals surface area contributed by atoms with Crippen LogP contribution in [0.25, 0.3) is 0 Å². The minimum Gasteiger partial charge on any atom is -0.481 e. The van der Waals surface area contributed by atoms with Crippen molar-refractivity contribution in [2.24, 2.45) is 0 Å². The van der Waals surface area contributed by atoms with Crippen molar-refractivity contribution in [3.63, 3.8) is 0 Å². The molecule has 0 aromatic heterocycles. The zero-order valence-electron chi connectivity index (χ0n) is 9.58. The molecular weight excluding hydrogens is 248 g/mol. The molecule has 2 aromatic rings. The molecule has 0 atom stereocenters. The summed E-state index contributed by atoms with van der Waals surface area (Å²) in [6.45, 7) is 0. The smallest absolute Gasteiger partial charge is 0.313 e. The van der Waals surface area contributed by atoms with Gasteiger partial charge in [0.05, 0.1) is 5.75 Å². The van der Waals surface area contributed by atoms with E-state index in [1.807, 2.05) is 54.6 Å². The fourth-order valence-electron chi connectivity index (χ4n) is 1.37. The highest BCUT2D eigenvalue weighted by molar-refractivity contribution is 8.00. The number of carbonyl (C=O) groups is 1. The molecule has 18 heavy (non-hydrogen) atoms. The van der Waals surface area contributed by atoms with Gasteiger partial charge >= 0.3 is 5.97 Å². The largest absolute Gasteiger partial charge is 0.481 e. The molecule has 4 heteroatoms. The third-order valence-electron chi connectivity index (χ3n) is 2.16. The van der Waals surface area contributed by atoms with Crippen LogP contribution in [0.4, 0.5) is 0 Å². The van der Waals surface area contributed by atoms with Crippen molar-refractivity contribution in [1.29, 1.82) is 0 Å². The van der Waals surface area contributed by atoms with E-state index in [-0.39, 0.29) is 5.75 Å². The molecule has 92 valence electrons. The maximum atomic E-state index is 10.4. The SMILES string of the molecule is O=C(O)CSc1ccc(Oc2ccccc2)cc1. The molecule has 0 radical (unpaired) electrons. The Kier molecular flexibility index (Phi) is 4.25. The highest BCUT2D eigenvalue weighted by Gasteiger charge is 2.01. The Morgan fingerprint density at radius 1 is 1.00 bits per heavy atom. The van der Waals surface area contributed by atoms with Crippen LogP contribution in [0.15, 0.2) is 59.5 Å². The van der Waals surface area contributed by atoms with Crippen LogP contribution in [-0.2, 0) is 4.79 Å². The van der Waals surface area contributed by atoms with Gasteiger partial charge in [-0.1, -0.05) is 18.2 Å². The Balaban J connectivity index is 1.97. The second-order valence-electron chi connectivity index (χ2n) is 3.57. The maximum absolute atomic E-state index is 10.4. The molecule has 2 rings (SSSR count). The minimum absolute atomic E-state index is 0.0683. The first-order valence-electron chi connectivity index (χ1n) is 5.41. The molecule has 0 saturated heterocycles. The first kappa shape index (κ1) is 12.5. The van der Waals surface area contributed by atoms with Crippen LogP contribution in [-0.4, -0.2) is 16.8 Å². The molecule has 0 bridgehead atoms. The van der Waals surface area contributed by atoms with Gasteiger partial charge < -0.3 is 9.84 Å². The highest BCUT2D eigenvalue weighted by atomic mass is 32.2. The Morgan fingerprint density at radius 3 is 2.22 bits per heavy atom. The van der Waals surface area contributed by atoms with Gasteiger partial charge in [-0.2, -0.15) is 0 Å². The molecule has 0 aliphatic carbocycles. The van der Waals surface area contributed by atoms with Crippen molar-refractivity contribution in [2.75, 3.05) is 5.75 Å². The summed E-state index contributed by atoms with van der Waals surface area (Å²) >= 11 is 1.29. The molecular formula is C14H12O3S. The quantitative estimate of drug-likeness (QED) is 0.833. The van der Waals surface area contributed by atoms with Crippen molar-refractivity contribution >= 4 is 17.7 Å². The van der Waals surface area contributed by atoms with Crippen molar-refractivity contribution in [1.82, 2.24) is 0 Å². The second kappa shape index (κ2) is 6.12. The normalized spacial score (nSPS) is 10.0. The van der Waals surface area contributed by atoms with Crippen molar-refractivity contribution in [2.45, 2.75) is 4.90 Å². The first-order valence-corrected chi connectivity index (χ1v) is 6.40. The molecule has 0 aliphatic heterocycles. The monoisotopic (exact) mass is 260 g/mol. The minimum atomic E-state index is -0.815. The van der Waals surface area contributed by atoms with E-state index < -0.39 is 5.97 Å². The molecule has 0 saturated carbocycles. The topological polar surface area (TPSA) is 46.5 Å². The maximum Gasteiger partial charge on any atom is 0.313 e. The molecule has 1 N–H and O–H groups in total. The summed E-state index contributed by atoms with van der Waals surface area (Å²) in [6, 6.07) is 16.9. The van der Waals surface area contributed by atoms with Crippen molar-refractivity contribution in [3.8, 4) is 11.5 Å². The van der Waals surface area contributed by atoms with Gasteiger partial charge in [0.15, 0.2) is 0 Å². The van der Waals surface area contributed by atoms with Gasteiger partial charge in [0.25, 0.3) is 0 Å². The van der Waals surface area contributed by atoms with E-state index in [1.54, 1.807) is 0 Å². The Hall–Kier alpha value is -1.94. The molecule has 0 amide bonds. The second-order valence-corrected chi connectivity index (χ2v) is 4.62. The Bertz CT molecular complexity index is 508. The molecule has 0 spiro atoms. The van der Waals surface area contributed by atoms with Crippen LogP contribution in [0, 0.1) is 0 Å². The van der Waals surface area contributed by atoms with Gasteiger partial charge in [-0.25, -0.2) is 0 Å². The summed E-state index contributed by atoms with van der Waals surface area (Å²) in [4.78, 5) is 11.3. The molecule has 3 nitrogen and oxygen atoms in total. The number of hydrogen-bond acceptors (Lipinski definition) is 3. The summed E-state index contributed by atoms with van der Waals surface area (Å²) in [5.41, 5.74) is 0. The average molecular weight is 260 g/mol. The predicted octanol–water partition coefficient (Wildman–Crippen LogP) is 3.66. The number of carboxylic acids is 1. The van der Waals surface area contributed by atoms with Crippen LogP contribution in [0.2, 0.25) is 0 Å². The number of rotatable bonds is 5. The molecule has 0 aliphatic rings. The van der Waals surface area contributed by atoms with Crippen molar-refractivity contribution in [3.05, 3.63) is 54.6 Å². The van der Waals surface area contributed by atoms with Gasteiger partial charge in [0.1, 0.15) is 11.5 Å². The van der Waals surface area contributed by atoms with E-state index >= 15 is 0 Å². The van der Waals surface area contributed by atoms with Gasteiger partial charge in [0.2, 0.25) is 0 Å². The highest BCUT2D eigenvalue weighted by Crippen LogP contribution is 2.24. The number of carboxylic acid groups (broad SMARTS) is 1. The van der Waals surface area contributed by atoms with Crippen LogP contribution in [0.3, 0.4) is 0 Å². The third kappa shape index (κ3) is 3.82. The summed E-state index contributed by atoms with van der Waals surface area (Å²) in [5, 5.41) is 8.58. The van der Waals surface area contributed by atoms with Crippen LogP contribution in [0.1, 0.15) is 0 Å². The molecule has 0 heterocycles. The summed E-state index contributed by atoms with van der Waals surface area (Å²) in [5.74, 6) is 0.771. The zero-order valence-corrected chi connectivity index (χ0v) is 10.4. The van der Waals surface area contributed by atoms with E-state index in [0.29, 0.717) is 0 Å². The third-order valence-corrected chi connectivity index (χ3v) is 3.16. The number of thioether (sulfide) groups is 1. The number of aliphatic carboxylic acids is 1. The van der Waals surface area contributed by atoms with Crippen LogP contribution in [0.5, 0.6) is 11.5 Å². The van der Waals surface area contributed by atoms with E-state index in [1.165, 1.54) is 11.8 Å². The number of ether oxygens (including phenoxy) is 1. The van der Waals surface area contributed by atoms with E-state index in [2.05, 4.69) is 0 Å². The lowest BCUT2D eigenvalue weighted by molar-refractivity contribution is -0.133. The van der Waals surface area contributed by atoms with Gasteiger partial charge in [-0.05, 0) is 36.4 Å². The Labute approximate surface area is 109 Å². The van der Waals surface area contributed by atoms with Crippen LogP contribution >= 0.6 is 11.8 Å².